The maximum absolute atomic E-state index is 12.7. The van der Waals surface area contributed by atoms with E-state index in [1.165, 1.54) is 16.4 Å². The number of aromatic nitrogens is 1. The Morgan fingerprint density at radius 2 is 2.08 bits per heavy atom. The Morgan fingerprint density at radius 3 is 2.73 bits per heavy atom. The van der Waals surface area contributed by atoms with Crippen LogP contribution in [0.3, 0.4) is 0 Å². The van der Waals surface area contributed by atoms with Crippen LogP contribution in [0, 0.1) is 6.92 Å². The summed E-state index contributed by atoms with van der Waals surface area (Å²) < 4.78 is 41.9. The van der Waals surface area contributed by atoms with Crippen molar-refractivity contribution < 1.29 is 27.2 Å². The Morgan fingerprint density at radius 1 is 1.35 bits per heavy atom. The van der Waals surface area contributed by atoms with Crippen LogP contribution in [0.15, 0.2) is 33.7 Å². The number of nitrogen functional groups attached to an aromatic ring is 1. The van der Waals surface area contributed by atoms with Crippen LogP contribution in [0.1, 0.15) is 21.6 Å². The van der Waals surface area contributed by atoms with E-state index in [4.69, 9.17) is 19.7 Å². The van der Waals surface area contributed by atoms with Gasteiger partial charge < -0.3 is 19.7 Å². The van der Waals surface area contributed by atoms with Gasteiger partial charge in [0.15, 0.2) is 0 Å². The number of carbonyl (C=O) groups is 1. The maximum atomic E-state index is 12.7. The number of ether oxygens (including phenoxy) is 2. The van der Waals surface area contributed by atoms with Crippen molar-refractivity contribution in [2.24, 2.45) is 0 Å². The predicted octanol–water partition coefficient (Wildman–Crippen LogP) is 0.943. The lowest BCUT2D eigenvalue weighted by Crippen LogP contribution is -2.40. The Labute approximate surface area is 150 Å². The van der Waals surface area contributed by atoms with Gasteiger partial charge >= 0.3 is 5.97 Å². The van der Waals surface area contributed by atoms with Gasteiger partial charge in [-0.25, -0.2) is 13.2 Å². The monoisotopic (exact) mass is 381 g/mol. The lowest BCUT2D eigenvalue weighted by molar-refractivity contribution is 0.0472. The zero-order valence-electron chi connectivity index (χ0n) is 14.2. The molecule has 0 atom stereocenters. The van der Waals surface area contributed by atoms with Crippen LogP contribution in [0.2, 0.25) is 0 Å². The number of nitrogens with zero attached hydrogens (tertiary/aromatic N) is 2. The number of nitrogens with two attached hydrogens (primary N) is 1. The molecular formula is C16H19N3O6S. The highest BCUT2D eigenvalue weighted by molar-refractivity contribution is 7.89. The first-order chi connectivity index (χ1) is 12.4. The van der Waals surface area contributed by atoms with Gasteiger partial charge in [-0.05, 0) is 24.6 Å². The van der Waals surface area contributed by atoms with Crippen LogP contribution in [0.4, 0.5) is 5.88 Å². The van der Waals surface area contributed by atoms with E-state index in [-0.39, 0.29) is 22.9 Å². The van der Waals surface area contributed by atoms with Gasteiger partial charge in [-0.2, -0.15) is 4.31 Å². The van der Waals surface area contributed by atoms with Crippen molar-refractivity contribution in [2.45, 2.75) is 18.4 Å². The number of hydrogen-bond acceptors (Lipinski definition) is 8. The number of hydrogen-bond donors (Lipinski definition) is 1. The third-order valence-electron chi connectivity index (χ3n) is 3.97. The average molecular weight is 381 g/mol. The van der Waals surface area contributed by atoms with Crippen molar-refractivity contribution >= 4 is 21.9 Å². The van der Waals surface area contributed by atoms with E-state index in [1.807, 2.05) is 0 Å². The minimum absolute atomic E-state index is 0.0714. The fraction of sp³-hybridized carbons (Fsp3) is 0.375. The maximum Gasteiger partial charge on any atom is 0.346 e. The molecule has 0 saturated carbocycles. The molecule has 0 amide bonds. The first kappa shape index (κ1) is 18.4. The average Bonchev–Trinajstić information content (AvgIpc) is 2.99. The van der Waals surface area contributed by atoms with Crippen molar-refractivity contribution in [1.29, 1.82) is 0 Å². The number of anilines is 1. The van der Waals surface area contributed by atoms with Crippen molar-refractivity contribution in [1.82, 2.24) is 9.46 Å². The summed E-state index contributed by atoms with van der Waals surface area (Å²) in [7, 11) is -3.61. The molecule has 1 aromatic heterocycles. The number of carbonyl (C=O) groups excluding carboxylic acids is 1. The fourth-order valence-electron chi connectivity index (χ4n) is 2.59. The molecule has 1 fully saturated rings. The standard InChI is InChI=1S/C16H19N3O6S/c1-11-14(15(17)25-18-11)16(20)24-10-12-3-2-4-13(9-12)26(21,22)19-5-7-23-8-6-19/h2-4,9H,5-8,10,17H2,1H3. The minimum atomic E-state index is -3.61. The zero-order chi connectivity index (χ0) is 18.7. The quantitative estimate of drug-likeness (QED) is 0.759. The molecule has 140 valence electrons. The van der Waals surface area contributed by atoms with Crippen molar-refractivity contribution in [3.8, 4) is 0 Å². The molecule has 0 bridgehead atoms. The SMILES string of the molecule is Cc1noc(N)c1C(=O)OCc1cccc(S(=O)(=O)N2CCOCC2)c1. The van der Waals surface area contributed by atoms with E-state index >= 15 is 0 Å². The third-order valence-corrected chi connectivity index (χ3v) is 5.86. The highest BCUT2D eigenvalue weighted by Gasteiger charge is 2.26. The molecule has 0 radical (unpaired) electrons. The Bertz CT molecular complexity index is 883. The highest BCUT2D eigenvalue weighted by Crippen LogP contribution is 2.20. The Kier molecular flexibility index (Phi) is 5.25. The molecule has 10 heteroatoms. The smallest absolute Gasteiger partial charge is 0.346 e. The summed E-state index contributed by atoms with van der Waals surface area (Å²) in [4.78, 5) is 12.3. The lowest BCUT2D eigenvalue weighted by atomic mass is 10.2. The molecule has 2 aromatic rings. The molecule has 26 heavy (non-hydrogen) atoms. The first-order valence-corrected chi connectivity index (χ1v) is 9.39. The first-order valence-electron chi connectivity index (χ1n) is 7.95. The van der Waals surface area contributed by atoms with E-state index in [1.54, 1.807) is 19.1 Å². The summed E-state index contributed by atoms with van der Waals surface area (Å²) in [5.74, 6) is -0.793. The van der Waals surface area contributed by atoms with E-state index in [0.29, 0.717) is 37.6 Å². The predicted molar refractivity (Wildman–Crippen MR) is 90.8 cm³/mol. The number of esters is 1. The molecule has 1 aliphatic heterocycles. The second-order valence-electron chi connectivity index (χ2n) is 5.75. The topological polar surface area (TPSA) is 125 Å². The molecule has 1 aliphatic rings. The largest absolute Gasteiger partial charge is 0.457 e. The van der Waals surface area contributed by atoms with Crippen LogP contribution in [-0.4, -0.2) is 50.2 Å². The molecule has 2 N–H and O–H groups in total. The minimum Gasteiger partial charge on any atom is -0.457 e. The van der Waals surface area contributed by atoms with E-state index < -0.39 is 16.0 Å². The van der Waals surface area contributed by atoms with Crippen LogP contribution in [0.25, 0.3) is 0 Å². The molecule has 0 unspecified atom stereocenters. The highest BCUT2D eigenvalue weighted by atomic mass is 32.2. The lowest BCUT2D eigenvalue weighted by Gasteiger charge is -2.26. The van der Waals surface area contributed by atoms with Gasteiger partial charge in [0, 0.05) is 13.1 Å². The number of aryl methyl sites for hydroxylation is 1. The molecule has 1 aromatic carbocycles. The van der Waals surface area contributed by atoms with E-state index in [0.717, 1.165) is 0 Å². The van der Waals surface area contributed by atoms with Crippen molar-refractivity contribution in [3.05, 3.63) is 41.1 Å². The fourth-order valence-corrected chi connectivity index (χ4v) is 4.07. The molecule has 1 saturated heterocycles. The molecule has 0 aliphatic carbocycles. The van der Waals surface area contributed by atoms with Gasteiger partial charge in [0.25, 0.3) is 0 Å². The normalized spacial score (nSPS) is 15.7. The molecule has 3 rings (SSSR count). The number of morpholine rings is 1. The molecule has 9 nitrogen and oxygen atoms in total. The van der Waals surface area contributed by atoms with Crippen molar-refractivity contribution in [3.63, 3.8) is 0 Å². The van der Waals surface area contributed by atoms with Crippen molar-refractivity contribution in [2.75, 3.05) is 32.0 Å². The number of rotatable bonds is 5. The summed E-state index contributed by atoms with van der Waals surface area (Å²) in [5, 5.41) is 3.59. The Balaban J connectivity index is 1.72. The number of benzene rings is 1. The van der Waals surface area contributed by atoms with Gasteiger partial charge in [-0.3, -0.25) is 0 Å². The van der Waals surface area contributed by atoms with E-state index in [9.17, 15) is 13.2 Å². The summed E-state index contributed by atoms with van der Waals surface area (Å²) in [6.45, 7) is 2.84. The van der Waals surface area contributed by atoms with Gasteiger partial charge in [0.1, 0.15) is 12.2 Å². The second-order valence-corrected chi connectivity index (χ2v) is 7.69. The van der Waals surface area contributed by atoms with Crippen LogP contribution >= 0.6 is 0 Å². The van der Waals surface area contributed by atoms with Gasteiger partial charge in [-0.15, -0.1) is 0 Å². The van der Waals surface area contributed by atoms with Gasteiger partial charge in [0.05, 0.1) is 23.8 Å². The van der Waals surface area contributed by atoms with E-state index in [2.05, 4.69) is 5.16 Å². The summed E-state index contributed by atoms with van der Waals surface area (Å²) >= 11 is 0. The molecule has 0 spiro atoms. The van der Waals surface area contributed by atoms with Crippen LogP contribution < -0.4 is 5.73 Å². The third kappa shape index (κ3) is 3.71. The van der Waals surface area contributed by atoms with Crippen LogP contribution in [0.5, 0.6) is 0 Å². The van der Waals surface area contributed by atoms with Crippen LogP contribution in [-0.2, 0) is 26.1 Å². The summed E-state index contributed by atoms with van der Waals surface area (Å²) in [6, 6.07) is 6.28. The zero-order valence-corrected chi connectivity index (χ0v) is 15.0. The molecular weight excluding hydrogens is 362 g/mol. The summed E-state index contributed by atoms with van der Waals surface area (Å²) in [5.41, 5.74) is 6.49. The number of sulfonamides is 1. The molecule has 2 heterocycles. The Hall–Kier alpha value is -2.43. The van der Waals surface area contributed by atoms with Gasteiger partial charge in [0.2, 0.25) is 15.9 Å². The van der Waals surface area contributed by atoms with Gasteiger partial charge in [-0.1, -0.05) is 17.3 Å². The summed E-state index contributed by atoms with van der Waals surface area (Å²) in [6.07, 6.45) is 0. The second kappa shape index (κ2) is 7.44.